The Morgan fingerprint density at radius 1 is 0.844 bits per heavy atom. The minimum atomic E-state index is -0.925. The second-order valence-electron chi connectivity index (χ2n) is 8.43. The van der Waals surface area contributed by atoms with Crippen LogP contribution < -0.4 is 0 Å². The van der Waals surface area contributed by atoms with Crippen molar-refractivity contribution < 1.29 is 14.3 Å². The summed E-state index contributed by atoms with van der Waals surface area (Å²) < 4.78 is 13.1. The minimum Gasteiger partial charge on any atom is -0.369 e. The van der Waals surface area contributed by atoms with Crippen LogP contribution in [0.4, 0.5) is 0 Å². The van der Waals surface area contributed by atoms with Crippen LogP contribution in [-0.4, -0.2) is 29.4 Å². The Bertz CT molecular complexity index is 1030. The summed E-state index contributed by atoms with van der Waals surface area (Å²) in [5, 5.41) is 0. The number of nitrogens with zero attached hydrogens (tertiary/aromatic N) is 1. The van der Waals surface area contributed by atoms with Gasteiger partial charge < -0.3 is 14.4 Å². The van der Waals surface area contributed by atoms with E-state index in [2.05, 4.69) is 17.0 Å². The van der Waals surface area contributed by atoms with Crippen molar-refractivity contribution in [3.8, 4) is 0 Å². The van der Waals surface area contributed by atoms with E-state index in [1.165, 1.54) is 5.56 Å². The third kappa shape index (κ3) is 4.24. The second kappa shape index (κ2) is 9.11. The van der Waals surface area contributed by atoms with Gasteiger partial charge in [0.15, 0.2) is 5.78 Å². The molecule has 0 N–H and O–H groups in total. The molecule has 162 valence electrons. The standard InChI is InChI=1S/C28H27NO3/c30-26-16-17-29(20-22-10-4-1-5-11-22)25(18-26)19-27-21-31-28(32-27,23-12-6-2-7-13-23)24-14-8-3-9-15-24/h1-17,25,27H,18-21H2/t25-,27-/m0/s1. The van der Waals surface area contributed by atoms with Crippen molar-refractivity contribution in [3.63, 3.8) is 0 Å². The van der Waals surface area contributed by atoms with Crippen LogP contribution >= 0.6 is 0 Å². The Hall–Kier alpha value is -3.21. The third-order valence-corrected chi connectivity index (χ3v) is 6.21. The van der Waals surface area contributed by atoms with Gasteiger partial charge in [0.25, 0.3) is 0 Å². The quantitative estimate of drug-likeness (QED) is 0.554. The Morgan fingerprint density at radius 2 is 1.44 bits per heavy atom. The summed E-state index contributed by atoms with van der Waals surface area (Å²) in [6.45, 7) is 1.25. The van der Waals surface area contributed by atoms with Gasteiger partial charge in [-0.15, -0.1) is 0 Å². The van der Waals surface area contributed by atoms with Gasteiger partial charge in [-0.05, 0) is 18.1 Å². The fourth-order valence-electron chi connectivity index (χ4n) is 4.63. The molecule has 4 nitrogen and oxygen atoms in total. The van der Waals surface area contributed by atoms with Gasteiger partial charge >= 0.3 is 0 Å². The predicted octanol–water partition coefficient (Wildman–Crippen LogP) is 5.05. The maximum atomic E-state index is 12.2. The molecule has 0 spiro atoms. The van der Waals surface area contributed by atoms with E-state index in [1.54, 1.807) is 6.08 Å². The normalized spacial score (nSPS) is 22.2. The molecule has 0 amide bonds. The van der Waals surface area contributed by atoms with Gasteiger partial charge in [0.2, 0.25) is 5.79 Å². The maximum absolute atomic E-state index is 12.2. The molecule has 4 heteroatoms. The first-order valence-corrected chi connectivity index (χ1v) is 11.2. The number of hydrogen-bond donors (Lipinski definition) is 0. The van der Waals surface area contributed by atoms with Crippen molar-refractivity contribution in [2.24, 2.45) is 0 Å². The first-order chi connectivity index (χ1) is 15.7. The highest BCUT2D eigenvalue weighted by Gasteiger charge is 2.45. The molecular weight excluding hydrogens is 398 g/mol. The SMILES string of the molecule is O=C1C=CN(Cc2ccccc2)[C@H](C[C@H]2COC(c3ccccc3)(c3ccccc3)O2)C1. The third-order valence-electron chi connectivity index (χ3n) is 6.21. The first-order valence-electron chi connectivity index (χ1n) is 11.2. The Morgan fingerprint density at radius 3 is 2.06 bits per heavy atom. The van der Waals surface area contributed by atoms with Crippen LogP contribution in [0.25, 0.3) is 0 Å². The van der Waals surface area contributed by atoms with Gasteiger partial charge in [0.05, 0.1) is 12.7 Å². The molecule has 2 heterocycles. The van der Waals surface area contributed by atoms with Crippen LogP contribution in [0.15, 0.2) is 103 Å². The number of ether oxygens (including phenoxy) is 2. The van der Waals surface area contributed by atoms with Crippen molar-refractivity contribution in [2.45, 2.75) is 37.3 Å². The molecule has 0 bridgehead atoms. The number of ketones is 1. The molecule has 1 fully saturated rings. The Balaban J connectivity index is 1.37. The summed E-state index contributed by atoms with van der Waals surface area (Å²) in [5.41, 5.74) is 3.19. The van der Waals surface area contributed by atoms with Gasteiger partial charge in [0, 0.05) is 36.3 Å². The van der Waals surface area contributed by atoms with Crippen LogP contribution in [0.5, 0.6) is 0 Å². The van der Waals surface area contributed by atoms with Gasteiger partial charge in [-0.2, -0.15) is 0 Å². The zero-order valence-electron chi connectivity index (χ0n) is 18.0. The Labute approximate surface area is 189 Å². The number of carbonyl (C=O) groups is 1. The molecule has 2 aliphatic heterocycles. The monoisotopic (exact) mass is 425 g/mol. The minimum absolute atomic E-state index is 0.0728. The molecule has 32 heavy (non-hydrogen) atoms. The molecule has 0 saturated carbocycles. The number of benzene rings is 3. The van der Waals surface area contributed by atoms with Crippen molar-refractivity contribution in [1.29, 1.82) is 0 Å². The average molecular weight is 426 g/mol. The van der Waals surface area contributed by atoms with Gasteiger partial charge in [-0.3, -0.25) is 4.79 Å². The van der Waals surface area contributed by atoms with Crippen LogP contribution in [0, 0.1) is 0 Å². The molecule has 3 aromatic rings. The number of carbonyl (C=O) groups excluding carboxylic acids is 1. The molecule has 0 aromatic heterocycles. The fraction of sp³-hybridized carbons (Fsp3) is 0.250. The fourth-order valence-corrected chi connectivity index (χ4v) is 4.63. The molecule has 5 rings (SSSR count). The summed E-state index contributed by atoms with van der Waals surface area (Å²) in [7, 11) is 0. The van der Waals surface area contributed by atoms with Gasteiger partial charge in [-0.25, -0.2) is 0 Å². The lowest BCUT2D eigenvalue weighted by atomic mass is 9.96. The van der Waals surface area contributed by atoms with Crippen LogP contribution in [-0.2, 0) is 26.6 Å². The summed E-state index contributed by atoms with van der Waals surface area (Å²) in [6, 6.07) is 30.6. The van der Waals surface area contributed by atoms with E-state index in [0.717, 1.165) is 24.1 Å². The highest BCUT2D eigenvalue weighted by molar-refractivity contribution is 5.90. The van der Waals surface area contributed by atoms with E-state index < -0.39 is 5.79 Å². The van der Waals surface area contributed by atoms with E-state index in [9.17, 15) is 4.79 Å². The molecule has 1 saturated heterocycles. The molecule has 2 aliphatic rings. The van der Waals surface area contributed by atoms with Crippen LogP contribution in [0.1, 0.15) is 29.5 Å². The van der Waals surface area contributed by atoms with Gasteiger partial charge in [-0.1, -0.05) is 91.0 Å². The zero-order chi connectivity index (χ0) is 21.8. The number of hydrogen-bond acceptors (Lipinski definition) is 4. The van der Waals surface area contributed by atoms with E-state index >= 15 is 0 Å². The predicted molar refractivity (Wildman–Crippen MR) is 124 cm³/mol. The molecule has 0 radical (unpaired) electrons. The molecule has 0 unspecified atom stereocenters. The smallest absolute Gasteiger partial charge is 0.222 e. The summed E-state index contributed by atoms with van der Waals surface area (Å²) in [4.78, 5) is 14.5. The average Bonchev–Trinajstić information content (AvgIpc) is 3.28. The van der Waals surface area contributed by atoms with E-state index in [0.29, 0.717) is 13.0 Å². The summed E-state index contributed by atoms with van der Waals surface area (Å²) >= 11 is 0. The number of rotatable bonds is 6. The van der Waals surface area contributed by atoms with Crippen LogP contribution in [0.2, 0.25) is 0 Å². The van der Waals surface area contributed by atoms with Crippen molar-refractivity contribution in [3.05, 3.63) is 120 Å². The molecular formula is C28H27NO3. The summed E-state index contributed by atoms with van der Waals surface area (Å²) in [5.74, 6) is -0.762. The largest absolute Gasteiger partial charge is 0.369 e. The molecule has 0 aliphatic carbocycles. The lowest BCUT2D eigenvalue weighted by Crippen LogP contribution is -2.39. The maximum Gasteiger partial charge on any atom is 0.222 e. The van der Waals surface area contributed by atoms with Crippen molar-refractivity contribution >= 4 is 5.78 Å². The molecule has 3 aromatic carbocycles. The molecule has 2 atom stereocenters. The van der Waals surface area contributed by atoms with Crippen molar-refractivity contribution in [2.75, 3.05) is 6.61 Å². The second-order valence-corrected chi connectivity index (χ2v) is 8.43. The van der Waals surface area contributed by atoms with E-state index in [1.807, 2.05) is 85.1 Å². The highest BCUT2D eigenvalue weighted by atomic mass is 16.7. The highest BCUT2D eigenvalue weighted by Crippen LogP contribution is 2.42. The van der Waals surface area contributed by atoms with Crippen molar-refractivity contribution in [1.82, 2.24) is 4.90 Å². The van der Waals surface area contributed by atoms with Gasteiger partial charge in [0.1, 0.15) is 0 Å². The van der Waals surface area contributed by atoms with E-state index in [4.69, 9.17) is 9.47 Å². The van der Waals surface area contributed by atoms with Crippen LogP contribution in [0.3, 0.4) is 0 Å². The Kier molecular flexibility index (Phi) is 5.89. The lowest BCUT2D eigenvalue weighted by molar-refractivity contribution is -0.145. The lowest BCUT2D eigenvalue weighted by Gasteiger charge is -2.35. The first kappa shape index (κ1) is 20.7. The summed E-state index contributed by atoms with van der Waals surface area (Å²) in [6.07, 6.45) is 4.72. The zero-order valence-corrected chi connectivity index (χ0v) is 18.0. The van der Waals surface area contributed by atoms with E-state index in [-0.39, 0.29) is 17.9 Å². The number of allylic oxidation sites excluding steroid dienone is 1. The topological polar surface area (TPSA) is 38.8 Å².